The van der Waals surface area contributed by atoms with E-state index in [1.807, 2.05) is 29.2 Å². The van der Waals surface area contributed by atoms with Crippen LogP contribution in [-0.4, -0.2) is 39.9 Å². The average Bonchev–Trinajstić information content (AvgIpc) is 3.63. The zero-order valence-electron chi connectivity index (χ0n) is 18.4. The summed E-state index contributed by atoms with van der Waals surface area (Å²) >= 11 is 1.79. The number of ether oxygens (including phenoxy) is 1. The van der Waals surface area contributed by atoms with Gasteiger partial charge in [0.1, 0.15) is 18.5 Å². The molecule has 2 aromatic carbocycles. The fourth-order valence-electron chi connectivity index (χ4n) is 5.67. The highest BCUT2D eigenvalue weighted by Gasteiger charge is 2.49. The number of carbonyl (C=O) groups is 1. The molecule has 0 radical (unpaired) electrons. The van der Waals surface area contributed by atoms with E-state index in [-0.39, 0.29) is 23.7 Å². The second kappa shape index (κ2) is 7.30. The number of rotatable bonds is 0. The summed E-state index contributed by atoms with van der Waals surface area (Å²) < 4.78 is 8.08. The normalized spacial score (nSPS) is 24.5. The number of fused-ring (bicyclic) bond motifs is 9. The summed E-state index contributed by atoms with van der Waals surface area (Å²) in [5.41, 5.74) is 2.88. The quantitative estimate of drug-likeness (QED) is 0.539. The van der Waals surface area contributed by atoms with Crippen LogP contribution in [0, 0.1) is 5.92 Å². The molecule has 0 saturated heterocycles. The van der Waals surface area contributed by atoms with E-state index in [0.717, 1.165) is 35.5 Å². The van der Waals surface area contributed by atoms with E-state index in [2.05, 4.69) is 23.2 Å². The molecule has 1 fully saturated rings. The fourth-order valence-corrected chi connectivity index (χ4v) is 6.75. The van der Waals surface area contributed by atoms with Crippen LogP contribution in [0.5, 0.6) is 11.5 Å². The highest BCUT2D eigenvalue weighted by Crippen LogP contribution is 2.48. The molecule has 1 aliphatic carbocycles. The monoisotopic (exact) mass is 473 g/mol. The molecule has 3 aromatic rings. The zero-order valence-corrected chi connectivity index (χ0v) is 19.2. The predicted octanol–water partition coefficient (Wildman–Crippen LogP) is 3.47. The number of aromatic hydroxyl groups is 1. The Kier molecular flexibility index (Phi) is 4.30. The largest absolute Gasteiger partial charge is 0.502 e. The van der Waals surface area contributed by atoms with Crippen molar-refractivity contribution in [3.05, 3.63) is 87.3 Å². The average molecular weight is 474 g/mol. The van der Waals surface area contributed by atoms with Crippen molar-refractivity contribution in [1.82, 2.24) is 9.58 Å². The summed E-state index contributed by atoms with van der Waals surface area (Å²) in [6, 6.07) is 15.7. The lowest BCUT2D eigenvalue weighted by atomic mass is 9.93. The molecule has 4 aliphatic rings. The first kappa shape index (κ1) is 20.0. The molecule has 1 aromatic heterocycles. The number of aromatic nitrogens is 1. The van der Waals surface area contributed by atoms with Crippen molar-refractivity contribution in [1.29, 1.82) is 0 Å². The Morgan fingerprint density at radius 3 is 2.85 bits per heavy atom. The van der Waals surface area contributed by atoms with Gasteiger partial charge in [-0.3, -0.25) is 19.3 Å². The van der Waals surface area contributed by atoms with Gasteiger partial charge in [-0.1, -0.05) is 30.3 Å². The first-order chi connectivity index (χ1) is 16.6. The van der Waals surface area contributed by atoms with Gasteiger partial charge in [-0.2, -0.15) is 0 Å². The minimum absolute atomic E-state index is 0.0398. The summed E-state index contributed by atoms with van der Waals surface area (Å²) in [5.74, 6) is 1.24. The first-order valence-electron chi connectivity index (χ1n) is 11.6. The number of pyridine rings is 1. The second-order valence-corrected chi connectivity index (χ2v) is 10.4. The predicted molar refractivity (Wildman–Crippen MR) is 128 cm³/mol. The van der Waals surface area contributed by atoms with Gasteiger partial charge in [0.25, 0.3) is 5.91 Å². The molecule has 7 nitrogen and oxygen atoms in total. The molecule has 2 bridgehead atoms. The molecule has 3 atom stereocenters. The lowest BCUT2D eigenvalue weighted by Crippen LogP contribution is -2.56. The molecule has 7 rings (SSSR count). The number of amides is 1. The van der Waals surface area contributed by atoms with Crippen molar-refractivity contribution in [2.45, 2.75) is 35.6 Å². The molecular weight excluding hydrogens is 450 g/mol. The summed E-state index contributed by atoms with van der Waals surface area (Å²) in [6.07, 6.45) is 3.38. The molecule has 8 heteroatoms. The second-order valence-electron chi connectivity index (χ2n) is 9.34. The Labute approximate surface area is 200 Å². The molecule has 1 saturated carbocycles. The zero-order chi connectivity index (χ0) is 23.0. The number of hydrogen-bond donors (Lipinski definition) is 1. The number of thioether (sulfide) groups is 1. The van der Waals surface area contributed by atoms with Gasteiger partial charge in [-0.05, 0) is 42.0 Å². The van der Waals surface area contributed by atoms with Crippen molar-refractivity contribution >= 4 is 17.7 Å². The summed E-state index contributed by atoms with van der Waals surface area (Å²) in [4.78, 5) is 28.9. The number of benzene rings is 2. The summed E-state index contributed by atoms with van der Waals surface area (Å²) in [7, 11) is 0. The van der Waals surface area contributed by atoms with E-state index in [9.17, 15) is 14.7 Å². The van der Waals surface area contributed by atoms with Crippen LogP contribution in [0.3, 0.4) is 0 Å². The Morgan fingerprint density at radius 2 is 1.94 bits per heavy atom. The van der Waals surface area contributed by atoms with Gasteiger partial charge in [-0.15, -0.1) is 11.8 Å². The van der Waals surface area contributed by atoms with Crippen molar-refractivity contribution in [2.75, 3.05) is 18.3 Å². The minimum Gasteiger partial charge on any atom is -0.502 e. The van der Waals surface area contributed by atoms with E-state index < -0.39 is 11.2 Å². The molecule has 1 N–H and O–H groups in total. The standard InChI is InChI=1S/C26H23N3O4S/c30-19-8-10-28-24(25(19)31)26(32)27-14-29(28)23-17-5-1-2-7-21(17)34-13-16-4-3-6-20(22(16)23)33-11-9-15-12-18(15)27/h1-8,10,15,18,23,31H,9,11-14H2/t15-,18?,23-/m1/s1. The maximum absolute atomic E-state index is 13.6. The molecule has 4 heterocycles. The Bertz CT molecular complexity index is 1400. The third kappa shape index (κ3) is 2.84. The molecule has 3 aliphatic heterocycles. The topological polar surface area (TPSA) is 75.0 Å². The van der Waals surface area contributed by atoms with Gasteiger partial charge >= 0.3 is 0 Å². The van der Waals surface area contributed by atoms with Crippen molar-refractivity contribution in [3.63, 3.8) is 0 Å². The van der Waals surface area contributed by atoms with Gasteiger partial charge in [0.05, 0.1) is 6.61 Å². The smallest absolute Gasteiger partial charge is 0.278 e. The lowest BCUT2D eigenvalue weighted by Gasteiger charge is -2.44. The van der Waals surface area contributed by atoms with E-state index in [0.29, 0.717) is 19.2 Å². The lowest BCUT2D eigenvalue weighted by molar-refractivity contribution is 0.0653. The summed E-state index contributed by atoms with van der Waals surface area (Å²) in [6.45, 7) is 0.962. The van der Waals surface area contributed by atoms with E-state index in [4.69, 9.17) is 4.74 Å². The number of carbonyl (C=O) groups excluding carboxylic acids is 1. The molecule has 172 valence electrons. The van der Waals surface area contributed by atoms with Gasteiger partial charge in [-0.25, -0.2) is 0 Å². The van der Waals surface area contributed by atoms with Crippen LogP contribution in [0.25, 0.3) is 0 Å². The van der Waals surface area contributed by atoms with Crippen LogP contribution in [0.4, 0.5) is 0 Å². The highest BCUT2D eigenvalue weighted by atomic mass is 32.2. The number of hydrogen-bond acceptors (Lipinski definition) is 6. The van der Waals surface area contributed by atoms with Gasteiger partial charge < -0.3 is 14.7 Å². The molecule has 1 amide bonds. The molecular formula is C26H23N3O4S. The van der Waals surface area contributed by atoms with E-state index >= 15 is 0 Å². The maximum atomic E-state index is 13.6. The Hall–Kier alpha value is -3.39. The third-order valence-electron chi connectivity index (χ3n) is 7.45. The summed E-state index contributed by atoms with van der Waals surface area (Å²) in [5, 5.41) is 12.9. The Morgan fingerprint density at radius 1 is 1.06 bits per heavy atom. The van der Waals surface area contributed by atoms with Gasteiger partial charge in [0.2, 0.25) is 5.43 Å². The fraction of sp³-hybridized carbons (Fsp3) is 0.308. The molecule has 0 spiro atoms. The Balaban J connectivity index is 1.54. The minimum atomic E-state index is -0.542. The van der Waals surface area contributed by atoms with E-state index in [1.54, 1.807) is 22.6 Å². The van der Waals surface area contributed by atoms with Crippen LogP contribution >= 0.6 is 11.8 Å². The SMILES string of the molecule is O=C1c2c(O)c(=O)ccn2N2CN1C1C[C@H]1CCOc1cccc3c1[C@H]2c1ccccc1SC3. The van der Waals surface area contributed by atoms with Crippen molar-refractivity contribution in [2.24, 2.45) is 5.92 Å². The van der Waals surface area contributed by atoms with Crippen molar-refractivity contribution < 1.29 is 14.6 Å². The van der Waals surface area contributed by atoms with Gasteiger partial charge in [0.15, 0.2) is 11.4 Å². The maximum Gasteiger partial charge on any atom is 0.278 e. The van der Waals surface area contributed by atoms with Crippen LogP contribution in [0.2, 0.25) is 0 Å². The third-order valence-corrected chi connectivity index (χ3v) is 8.59. The van der Waals surface area contributed by atoms with Crippen LogP contribution in [0.1, 0.15) is 46.1 Å². The highest BCUT2D eigenvalue weighted by molar-refractivity contribution is 7.98. The van der Waals surface area contributed by atoms with Gasteiger partial charge in [0, 0.05) is 34.5 Å². The first-order valence-corrected chi connectivity index (χ1v) is 12.6. The van der Waals surface area contributed by atoms with Crippen molar-refractivity contribution in [3.8, 4) is 11.5 Å². The van der Waals surface area contributed by atoms with Crippen LogP contribution < -0.4 is 15.2 Å². The van der Waals surface area contributed by atoms with E-state index in [1.165, 1.54) is 16.5 Å². The van der Waals surface area contributed by atoms with Crippen LogP contribution in [-0.2, 0) is 5.75 Å². The molecule has 1 unspecified atom stereocenters. The number of nitrogens with zero attached hydrogens (tertiary/aromatic N) is 3. The van der Waals surface area contributed by atoms with Crippen LogP contribution in [0.15, 0.2) is 64.4 Å². The molecule has 34 heavy (non-hydrogen) atoms.